The highest BCUT2D eigenvalue weighted by atomic mass is 19.4. The molecule has 1 aromatic heterocycles. The lowest BCUT2D eigenvalue weighted by atomic mass is 9.81. The molecule has 0 saturated heterocycles. The number of aliphatic imine (C=N–C) groups is 1. The van der Waals surface area contributed by atoms with Crippen LogP contribution < -0.4 is 16.4 Å². The van der Waals surface area contributed by atoms with Gasteiger partial charge in [-0.3, -0.25) is 14.4 Å². The van der Waals surface area contributed by atoms with Gasteiger partial charge in [-0.05, 0) is 25.8 Å². The molecule has 2 aromatic carbocycles. The summed E-state index contributed by atoms with van der Waals surface area (Å²) < 4.78 is 58.4. The van der Waals surface area contributed by atoms with Gasteiger partial charge in [0.15, 0.2) is 0 Å². The van der Waals surface area contributed by atoms with Crippen LogP contribution in [-0.4, -0.2) is 40.9 Å². The number of alkyl halides is 3. The number of anilines is 1. The average Bonchev–Trinajstić information content (AvgIpc) is 3.25. The Balaban J connectivity index is 1.72. The van der Waals surface area contributed by atoms with Gasteiger partial charge < -0.3 is 20.9 Å². The molecule has 0 unspecified atom stereocenters. The SMILES string of the molecule is Cc1nocc1[C@H](C(N)=O)[C@@H](CCCC(F)(F)F)C(=O)N[C@H]1N=C(c2ccccc2)c2cccc(F)c2NC1=O. The molecule has 0 aliphatic carbocycles. The van der Waals surface area contributed by atoms with E-state index in [1.807, 2.05) is 0 Å². The second-order valence-electron chi connectivity index (χ2n) is 9.26. The van der Waals surface area contributed by atoms with Gasteiger partial charge in [0.1, 0.15) is 12.1 Å². The zero-order chi connectivity index (χ0) is 29.0. The van der Waals surface area contributed by atoms with Crippen LogP contribution in [0.2, 0.25) is 0 Å². The number of rotatable bonds is 9. The molecule has 3 atom stereocenters. The molecule has 1 aliphatic heterocycles. The van der Waals surface area contributed by atoms with Gasteiger partial charge in [0, 0.05) is 23.1 Å². The molecule has 9 nitrogen and oxygen atoms in total. The Morgan fingerprint density at radius 2 is 1.88 bits per heavy atom. The second kappa shape index (κ2) is 11.7. The van der Waals surface area contributed by atoms with Crippen molar-refractivity contribution in [3.8, 4) is 0 Å². The normalized spacial score (nSPS) is 16.7. The molecule has 0 saturated carbocycles. The van der Waals surface area contributed by atoms with Gasteiger partial charge in [-0.1, -0.05) is 47.6 Å². The van der Waals surface area contributed by atoms with Crippen molar-refractivity contribution in [1.29, 1.82) is 0 Å². The van der Waals surface area contributed by atoms with Crippen molar-refractivity contribution in [3.05, 3.63) is 83.0 Å². The number of benzene rings is 2. The molecule has 1 aliphatic rings. The zero-order valence-electron chi connectivity index (χ0n) is 21.2. The van der Waals surface area contributed by atoms with Crippen molar-refractivity contribution in [2.24, 2.45) is 16.6 Å². The number of para-hydroxylation sites is 1. The van der Waals surface area contributed by atoms with Crippen LogP contribution in [0, 0.1) is 18.7 Å². The molecule has 0 spiro atoms. The number of benzodiazepines with no additional fused rings is 1. The number of carbonyl (C=O) groups is 3. The number of hydrogen-bond donors (Lipinski definition) is 3. The fraction of sp³-hybridized carbons (Fsp3) is 0.296. The Morgan fingerprint density at radius 1 is 1.15 bits per heavy atom. The van der Waals surface area contributed by atoms with Gasteiger partial charge in [0.2, 0.25) is 18.0 Å². The van der Waals surface area contributed by atoms with Gasteiger partial charge in [0.05, 0.1) is 28.9 Å². The Hall–Kier alpha value is -4.55. The fourth-order valence-corrected chi connectivity index (χ4v) is 4.60. The first-order valence-corrected chi connectivity index (χ1v) is 12.3. The molecule has 3 amide bonds. The van der Waals surface area contributed by atoms with Crippen LogP contribution in [0.25, 0.3) is 0 Å². The minimum atomic E-state index is -4.50. The van der Waals surface area contributed by atoms with Gasteiger partial charge in [-0.15, -0.1) is 0 Å². The summed E-state index contributed by atoms with van der Waals surface area (Å²) in [6.07, 6.45) is -7.12. The summed E-state index contributed by atoms with van der Waals surface area (Å²) in [6.45, 7) is 1.49. The lowest BCUT2D eigenvalue weighted by Gasteiger charge is -2.25. The second-order valence-corrected chi connectivity index (χ2v) is 9.26. The summed E-state index contributed by atoms with van der Waals surface area (Å²) in [5.41, 5.74) is 6.76. The minimum absolute atomic E-state index is 0.132. The van der Waals surface area contributed by atoms with Crippen LogP contribution in [-0.2, 0) is 14.4 Å². The smallest absolute Gasteiger partial charge is 0.369 e. The molecule has 3 aromatic rings. The summed E-state index contributed by atoms with van der Waals surface area (Å²) in [5, 5.41) is 8.53. The van der Waals surface area contributed by atoms with E-state index in [1.54, 1.807) is 36.4 Å². The number of nitrogens with two attached hydrogens (primary N) is 1. The van der Waals surface area contributed by atoms with Crippen molar-refractivity contribution in [3.63, 3.8) is 0 Å². The Bertz CT molecular complexity index is 1440. The molecule has 0 radical (unpaired) electrons. The largest absolute Gasteiger partial charge is 0.389 e. The van der Waals surface area contributed by atoms with E-state index in [9.17, 15) is 31.9 Å². The Morgan fingerprint density at radius 3 is 2.50 bits per heavy atom. The summed E-state index contributed by atoms with van der Waals surface area (Å²) in [4.78, 5) is 43.6. The van der Waals surface area contributed by atoms with Gasteiger partial charge in [0.25, 0.3) is 5.91 Å². The van der Waals surface area contributed by atoms with Gasteiger partial charge in [-0.2, -0.15) is 13.2 Å². The van der Waals surface area contributed by atoms with E-state index >= 15 is 0 Å². The van der Waals surface area contributed by atoms with Crippen LogP contribution in [0.5, 0.6) is 0 Å². The van der Waals surface area contributed by atoms with Crippen LogP contribution in [0.1, 0.15) is 47.6 Å². The number of hydrogen-bond acceptors (Lipinski definition) is 6. The predicted molar refractivity (Wildman–Crippen MR) is 136 cm³/mol. The van der Waals surface area contributed by atoms with Crippen LogP contribution >= 0.6 is 0 Å². The first kappa shape index (κ1) is 28.5. The molecule has 210 valence electrons. The molecule has 4 N–H and O–H groups in total. The number of aryl methyl sites for hydroxylation is 1. The number of carbonyl (C=O) groups excluding carboxylic acids is 3. The Kier molecular flexibility index (Phi) is 8.31. The summed E-state index contributed by atoms with van der Waals surface area (Å²) in [5.74, 6) is -6.40. The number of halogens is 4. The maximum absolute atomic E-state index is 14.7. The van der Waals surface area contributed by atoms with Crippen molar-refractivity contribution in [2.45, 2.75) is 44.4 Å². The maximum atomic E-state index is 14.7. The van der Waals surface area contributed by atoms with Gasteiger partial charge in [-0.25, -0.2) is 9.38 Å². The summed E-state index contributed by atoms with van der Waals surface area (Å²) in [7, 11) is 0. The molecule has 40 heavy (non-hydrogen) atoms. The minimum Gasteiger partial charge on any atom is -0.369 e. The molecule has 4 rings (SSSR count). The number of fused-ring (bicyclic) bond motifs is 1. The summed E-state index contributed by atoms with van der Waals surface area (Å²) in [6, 6.07) is 12.7. The molecule has 0 fully saturated rings. The molecular weight excluding hydrogens is 534 g/mol. The fourth-order valence-electron chi connectivity index (χ4n) is 4.60. The number of aromatic nitrogens is 1. The highest BCUT2D eigenvalue weighted by molar-refractivity contribution is 6.20. The first-order valence-electron chi connectivity index (χ1n) is 12.3. The highest BCUT2D eigenvalue weighted by Gasteiger charge is 2.39. The van der Waals surface area contributed by atoms with Crippen LogP contribution in [0.15, 0.2) is 64.3 Å². The molecule has 0 bridgehead atoms. The number of nitrogens with zero attached hydrogens (tertiary/aromatic N) is 2. The topological polar surface area (TPSA) is 140 Å². The predicted octanol–water partition coefficient (Wildman–Crippen LogP) is 3.97. The maximum Gasteiger partial charge on any atom is 0.389 e. The number of primary amides is 1. The first-order chi connectivity index (χ1) is 19.0. The summed E-state index contributed by atoms with van der Waals surface area (Å²) >= 11 is 0. The number of nitrogens with one attached hydrogen (secondary N) is 2. The van der Waals surface area contributed by atoms with Crippen molar-refractivity contribution >= 4 is 29.1 Å². The van der Waals surface area contributed by atoms with E-state index in [1.165, 1.54) is 13.0 Å². The van der Waals surface area contributed by atoms with E-state index in [2.05, 4.69) is 20.8 Å². The van der Waals surface area contributed by atoms with E-state index < -0.39 is 67.0 Å². The van der Waals surface area contributed by atoms with Crippen molar-refractivity contribution in [1.82, 2.24) is 10.5 Å². The average molecular weight is 560 g/mol. The lowest BCUT2D eigenvalue weighted by Crippen LogP contribution is -2.47. The van der Waals surface area contributed by atoms with Crippen molar-refractivity contribution in [2.75, 3.05) is 5.32 Å². The zero-order valence-corrected chi connectivity index (χ0v) is 21.2. The van der Waals surface area contributed by atoms with Gasteiger partial charge >= 0.3 is 6.18 Å². The third kappa shape index (κ3) is 6.35. The molecule has 13 heteroatoms. The van der Waals surface area contributed by atoms with Crippen molar-refractivity contribution < 1.29 is 36.5 Å². The quantitative estimate of drug-likeness (QED) is 0.341. The van der Waals surface area contributed by atoms with E-state index in [0.717, 1.165) is 12.3 Å². The molecular formula is C27H25F4N5O4. The highest BCUT2D eigenvalue weighted by Crippen LogP contribution is 2.33. The monoisotopic (exact) mass is 559 g/mol. The van der Waals surface area contributed by atoms with E-state index in [-0.39, 0.29) is 28.2 Å². The van der Waals surface area contributed by atoms with Crippen LogP contribution in [0.4, 0.5) is 23.2 Å². The third-order valence-electron chi connectivity index (χ3n) is 6.49. The molecule has 2 heterocycles. The third-order valence-corrected chi connectivity index (χ3v) is 6.49. The van der Waals surface area contributed by atoms with E-state index in [0.29, 0.717) is 5.56 Å². The standard InChI is InChI=1S/C27H25F4N5O4/c1-14-18(13-40-36-14)20(23(32)37)16(10-6-12-27(29,30)31)25(38)35-24-26(39)34-22-17(9-5-11-19(22)28)21(33-24)15-7-3-2-4-8-15/h2-5,7-9,11,13,16,20,24H,6,10,12H2,1H3,(H2,32,37)(H,34,39)(H,35,38)/t16-,20-,24-/m1/s1. The van der Waals surface area contributed by atoms with Crippen LogP contribution in [0.3, 0.4) is 0 Å². The Labute approximate surface area is 225 Å². The lowest BCUT2D eigenvalue weighted by molar-refractivity contribution is -0.139. The van der Waals surface area contributed by atoms with E-state index in [4.69, 9.17) is 10.3 Å². The number of amides is 3.